The molecule has 0 saturated carbocycles. The van der Waals surface area contributed by atoms with Crippen molar-refractivity contribution in [1.82, 2.24) is 0 Å². The van der Waals surface area contributed by atoms with Crippen LogP contribution in [0.2, 0.25) is 0 Å². The molecular formula is C28H23NO6. The Morgan fingerprint density at radius 2 is 1.71 bits per heavy atom. The van der Waals surface area contributed by atoms with Crippen molar-refractivity contribution in [1.29, 1.82) is 0 Å². The first kappa shape index (κ1) is 23.5. The van der Waals surface area contributed by atoms with E-state index >= 15 is 0 Å². The van der Waals surface area contributed by atoms with Crippen molar-refractivity contribution in [2.24, 2.45) is 0 Å². The largest absolute Gasteiger partial charge is 0.489 e. The Morgan fingerprint density at radius 3 is 2.46 bits per heavy atom. The lowest BCUT2D eigenvalue weighted by atomic mass is 10.1. The number of amides is 1. The van der Waals surface area contributed by atoms with Gasteiger partial charge in [0.05, 0.1) is 0 Å². The average molecular weight is 469 g/mol. The molecule has 4 rings (SSSR count). The third kappa shape index (κ3) is 6.68. The van der Waals surface area contributed by atoms with E-state index in [0.29, 0.717) is 28.8 Å². The number of esters is 1. The van der Waals surface area contributed by atoms with E-state index < -0.39 is 11.6 Å². The van der Waals surface area contributed by atoms with Crippen LogP contribution in [0.1, 0.15) is 23.6 Å². The fraction of sp³-hybridized carbons (Fsp3) is 0.107. The minimum atomic E-state index is -0.575. The molecule has 35 heavy (non-hydrogen) atoms. The Balaban J connectivity index is 1.35. The summed E-state index contributed by atoms with van der Waals surface area (Å²) in [6, 6.07) is 23.4. The highest BCUT2D eigenvalue weighted by atomic mass is 16.5. The second kappa shape index (κ2) is 11.0. The van der Waals surface area contributed by atoms with Gasteiger partial charge >= 0.3 is 11.6 Å². The minimum Gasteiger partial charge on any atom is -0.489 e. The van der Waals surface area contributed by atoms with E-state index in [2.05, 4.69) is 5.32 Å². The fourth-order valence-electron chi connectivity index (χ4n) is 3.41. The van der Waals surface area contributed by atoms with Crippen molar-refractivity contribution in [2.45, 2.75) is 20.1 Å². The third-order valence-corrected chi connectivity index (χ3v) is 5.06. The number of ether oxygens (including phenoxy) is 2. The molecule has 7 heteroatoms. The van der Waals surface area contributed by atoms with Crippen LogP contribution in [0.5, 0.6) is 5.75 Å². The summed E-state index contributed by atoms with van der Waals surface area (Å²) in [6.45, 7) is 1.76. The number of nitrogens with one attached hydrogen (secondary N) is 1. The third-order valence-electron chi connectivity index (χ3n) is 5.06. The summed E-state index contributed by atoms with van der Waals surface area (Å²) in [5.74, 6) is -0.0615. The number of benzene rings is 3. The Bertz CT molecular complexity index is 1420. The summed E-state index contributed by atoms with van der Waals surface area (Å²) >= 11 is 0. The van der Waals surface area contributed by atoms with Gasteiger partial charge in [-0.1, -0.05) is 42.5 Å². The molecule has 0 fully saturated rings. The summed E-state index contributed by atoms with van der Waals surface area (Å²) in [5, 5.41) is 3.25. The van der Waals surface area contributed by atoms with Crippen molar-refractivity contribution in [3.63, 3.8) is 0 Å². The second-order valence-corrected chi connectivity index (χ2v) is 7.77. The van der Waals surface area contributed by atoms with Gasteiger partial charge in [0.15, 0.2) is 0 Å². The molecule has 0 saturated heterocycles. The molecule has 1 N–H and O–H groups in total. The molecule has 1 amide bonds. The zero-order valence-electron chi connectivity index (χ0n) is 19.0. The number of carbonyl (C=O) groups is 2. The Labute approximate surface area is 201 Å². The van der Waals surface area contributed by atoms with E-state index in [9.17, 15) is 14.4 Å². The molecule has 3 aromatic carbocycles. The van der Waals surface area contributed by atoms with Crippen LogP contribution >= 0.6 is 0 Å². The number of anilines is 1. The van der Waals surface area contributed by atoms with Gasteiger partial charge in [-0.25, -0.2) is 9.59 Å². The van der Waals surface area contributed by atoms with Crippen molar-refractivity contribution < 1.29 is 23.5 Å². The Kier molecular flexibility index (Phi) is 7.37. The highest BCUT2D eigenvalue weighted by Gasteiger charge is 2.09. The van der Waals surface area contributed by atoms with Crippen LogP contribution in [-0.2, 0) is 27.5 Å². The second-order valence-electron chi connectivity index (χ2n) is 7.77. The normalized spacial score (nSPS) is 10.9. The molecule has 176 valence electrons. The van der Waals surface area contributed by atoms with Crippen LogP contribution in [0.3, 0.4) is 0 Å². The average Bonchev–Trinajstić information content (AvgIpc) is 2.85. The monoisotopic (exact) mass is 469 g/mol. The lowest BCUT2D eigenvalue weighted by Crippen LogP contribution is -2.07. The van der Waals surface area contributed by atoms with Crippen LogP contribution in [0.15, 0.2) is 94.2 Å². The fourth-order valence-corrected chi connectivity index (χ4v) is 3.41. The highest BCUT2D eigenvalue weighted by molar-refractivity contribution is 5.92. The van der Waals surface area contributed by atoms with Gasteiger partial charge in [-0.2, -0.15) is 0 Å². The van der Waals surface area contributed by atoms with E-state index in [1.165, 1.54) is 19.1 Å². The molecule has 1 aromatic heterocycles. The molecule has 0 aliphatic rings. The lowest BCUT2D eigenvalue weighted by molar-refractivity contribution is -0.138. The maximum Gasteiger partial charge on any atom is 0.336 e. The lowest BCUT2D eigenvalue weighted by Gasteiger charge is -2.08. The summed E-state index contributed by atoms with van der Waals surface area (Å²) in [5.41, 5.74) is 2.62. The molecule has 1 heterocycles. The van der Waals surface area contributed by atoms with E-state index in [1.807, 2.05) is 54.6 Å². The standard InChI is InChI=1S/C28H23NO6/c1-19(30)29-23-10-13-25-22(15-28(32)35-26(25)16-23)18-34-27(31)14-9-20-7-11-24(12-8-20)33-17-21-5-3-2-4-6-21/h2-16H,17-18H2,1H3,(H,29,30)/b14-9+. The number of carbonyl (C=O) groups excluding carboxylic acids is 2. The molecule has 0 radical (unpaired) electrons. The van der Waals surface area contributed by atoms with Gasteiger partial charge in [0, 0.05) is 41.8 Å². The van der Waals surface area contributed by atoms with Crippen molar-refractivity contribution in [3.8, 4) is 5.75 Å². The van der Waals surface area contributed by atoms with Gasteiger partial charge in [0.25, 0.3) is 0 Å². The first-order valence-electron chi connectivity index (χ1n) is 10.9. The molecule has 4 aromatic rings. The van der Waals surface area contributed by atoms with Crippen LogP contribution in [0.25, 0.3) is 17.0 Å². The molecule has 0 aliphatic heterocycles. The summed E-state index contributed by atoms with van der Waals surface area (Å²) in [4.78, 5) is 35.4. The summed E-state index contributed by atoms with van der Waals surface area (Å²) in [7, 11) is 0. The zero-order valence-corrected chi connectivity index (χ0v) is 19.0. The van der Waals surface area contributed by atoms with Gasteiger partial charge in [-0.05, 0) is 41.5 Å². The van der Waals surface area contributed by atoms with E-state index in [-0.39, 0.29) is 12.5 Å². The minimum absolute atomic E-state index is 0.100. The summed E-state index contributed by atoms with van der Waals surface area (Å²) < 4.78 is 16.3. The van der Waals surface area contributed by atoms with Gasteiger partial charge < -0.3 is 19.2 Å². The quantitative estimate of drug-likeness (QED) is 0.220. The van der Waals surface area contributed by atoms with E-state index in [0.717, 1.165) is 16.9 Å². The predicted octanol–water partition coefficient (Wildman–Crippen LogP) is 5.09. The van der Waals surface area contributed by atoms with Gasteiger partial charge in [0.1, 0.15) is 24.5 Å². The van der Waals surface area contributed by atoms with Crippen LogP contribution in [-0.4, -0.2) is 11.9 Å². The van der Waals surface area contributed by atoms with Crippen LogP contribution in [0, 0.1) is 0 Å². The van der Waals surface area contributed by atoms with Crippen molar-refractivity contribution >= 4 is 34.6 Å². The SMILES string of the molecule is CC(=O)Nc1ccc2c(COC(=O)/C=C/c3ccc(OCc4ccccc4)cc3)cc(=O)oc2c1. The zero-order chi connectivity index (χ0) is 24.6. The molecule has 0 bridgehead atoms. The van der Waals surface area contributed by atoms with Gasteiger partial charge in [-0.15, -0.1) is 0 Å². The number of rotatable bonds is 8. The Hall–Kier alpha value is -4.65. The van der Waals surface area contributed by atoms with Crippen molar-refractivity contribution in [2.75, 3.05) is 5.32 Å². The Morgan fingerprint density at radius 1 is 0.943 bits per heavy atom. The first-order chi connectivity index (χ1) is 17.0. The molecule has 7 nitrogen and oxygen atoms in total. The van der Waals surface area contributed by atoms with Crippen molar-refractivity contribution in [3.05, 3.63) is 112 Å². The molecule has 0 aliphatic carbocycles. The molecule has 0 atom stereocenters. The van der Waals surface area contributed by atoms with Gasteiger partial charge in [-0.3, -0.25) is 4.79 Å². The van der Waals surface area contributed by atoms with Gasteiger partial charge in [0.2, 0.25) is 5.91 Å². The molecule has 0 unspecified atom stereocenters. The maximum absolute atomic E-state index is 12.2. The molecular weight excluding hydrogens is 446 g/mol. The highest BCUT2D eigenvalue weighted by Crippen LogP contribution is 2.22. The van der Waals surface area contributed by atoms with E-state index in [1.54, 1.807) is 24.3 Å². The van der Waals surface area contributed by atoms with Crippen LogP contribution in [0.4, 0.5) is 5.69 Å². The molecule has 0 spiro atoms. The topological polar surface area (TPSA) is 94.8 Å². The first-order valence-corrected chi connectivity index (χ1v) is 10.9. The number of hydrogen-bond donors (Lipinski definition) is 1. The summed E-state index contributed by atoms with van der Waals surface area (Å²) in [6.07, 6.45) is 2.96. The van der Waals surface area contributed by atoms with E-state index in [4.69, 9.17) is 13.9 Å². The maximum atomic E-state index is 12.2. The number of fused-ring (bicyclic) bond motifs is 1. The number of hydrogen-bond acceptors (Lipinski definition) is 6. The smallest absolute Gasteiger partial charge is 0.336 e. The van der Waals surface area contributed by atoms with Crippen LogP contribution < -0.4 is 15.7 Å². The predicted molar refractivity (Wildman–Crippen MR) is 133 cm³/mol.